The molecule has 0 aromatic heterocycles. The lowest BCUT2D eigenvalue weighted by atomic mass is 10.0. The van der Waals surface area contributed by atoms with Crippen LogP contribution in [0.5, 0.6) is 0 Å². The van der Waals surface area contributed by atoms with E-state index in [0.717, 1.165) is 32.5 Å². The van der Waals surface area contributed by atoms with Crippen LogP contribution in [-0.4, -0.2) is 49.5 Å². The van der Waals surface area contributed by atoms with Gasteiger partial charge in [-0.05, 0) is 25.2 Å². The number of nitrogens with one attached hydrogen (secondary N) is 2. The van der Waals surface area contributed by atoms with E-state index in [1.54, 1.807) is 0 Å². The molecule has 0 spiro atoms. The highest BCUT2D eigenvalue weighted by molar-refractivity contribution is 5.78. The number of aliphatic hydroxyl groups excluding tert-OH is 1. The average molecular weight is 258 g/mol. The fourth-order valence-corrected chi connectivity index (χ4v) is 2.15. The number of ether oxygens (including phenoxy) is 1. The normalized spacial score (nSPS) is 18.9. The molecule has 0 saturated carbocycles. The van der Waals surface area contributed by atoms with Crippen LogP contribution >= 0.6 is 0 Å². The molecular formula is C13H26N2O3. The van der Waals surface area contributed by atoms with Crippen LogP contribution in [0.15, 0.2) is 0 Å². The molecule has 1 aliphatic heterocycles. The van der Waals surface area contributed by atoms with Crippen molar-refractivity contribution in [2.24, 2.45) is 5.92 Å². The summed E-state index contributed by atoms with van der Waals surface area (Å²) in [6, 6.07) is 0.246. The lowest BCUT2D eigenvalue weighted by Gasteiger charge is -2.24. The van der Waals surface area contributed by atoms with Gasteiger partial charge in [0.2, 0.25) is 5.91 Å². The van der Waals surface area contributed by atoms with Gasteiger partial charge in [-0.15, -0.1) is 0 Å². The SMILES string of the molecule is CC(C)CC(CO)NCC(=O)NC1CCOCC1. The minimum Gasteiger partial charge on any atom is -0.395 e. The maximum Gasteiger partial charge on any atom is 0.234 e. The zero-order chi connectivity index (χ0) is 13.4. The number of aliphatic hydroxyl groups is 1. The molecule has 1 heterocycles. The second-order valence-electron chi connectivity index (χ2n) is 5.34. The summed E-state index contributed by atoms with van der Waals surface area (Å²) in [6.07, 6.45) is 2.66. The summed E-state index contributed by atoms with van der Waals surface area (Å²) in [5.74, 6) is 0.511. The number of carbonyl (C=O) groups excluding carboxylic acids is 1. The van der Waals surface area contributed by atoms with Gasteiger partial charge < -0.3 is 20.5 Å². The highest BCUT2D eigenvalue weighted by Crippen LogP contribution is 2.06. The molecule has 1 unspecified atom stereocenters. The van der Waals surface area contributed by atoms with Gasteiger partial charge in [0, 0.05) is 25.3 Å². The van der Waals surface area contributed by atoms with Gasteiger partial charge in [-0.1, -0.05) is 13.8 Å². The van der Waals surface area contributed by atoms with Gasteiger partial charge in [0.1, 0.15) is 0 Å². The van der Waals surface area contributed by atoms with Gasteiger partial charge in [-0.2, -0.15) is 0 Å². The zero-order valence-corrected chi connectivity index (χ0v) is 11.4. The first-order chi connectivity index (χ1) is 8.61. The van der Waals surface area contributed by atoms with Gasteiger partial charge >= 0.3 is 0 Å². The van der Waals surface area contributed by atoms with E-state index in [4.69, 9.17) is 4.74 Å². The van der Waals surface area contributed by atoms with Crippen LogP contribution in [0.2, 0.25) is 0 Å². The van der Waals surface area contributed by atoms with Crippen molar-refractivity contribution in [3.63, 3.8) is 0 Å². The van der Waals surface area contributed by atoms with E-state index >= 15 is 0 Å². The van der Waals surface area contributed by atoms with E-state index in [1.165, 1.54) is 0 Å². The highest BCUT2D eigenvalue weighted by atomic mass is 16.5. The fraction of sp³-hybridized carbons (Fsp3) is 0.923. The molecule has 0 aromatic rings. The number of hydrogen-bond donors (Lipinski definition) is 3. The predicted octanol–water partition coefficient (Wildman–Crippen LogP) is 0.278. The third-order valence-electron chi connectivity index (χ3n) is 3.11. The van der Waals surface area contributed by atoms with E-state index < -0.39 is 0 Å². The van der Waals surface area contributed by atoms with Gasteiger partial charge in [-0.3, -0.25) is 4.79 Å². The van der Waals surface area contributed by atoms with E-state index in [0.29, 0.717) is 5.92 Å². The Morgan fingerprint density at radius 3 is 2.61 bits per heavy atom. The molecular weight excluding hydrogens is 232 g/mol. The van der Waals surface area contributed by atoms with Crippen LogP contribution < -0.4 is 10.6 Å². The Hall–Kier alpha value is -0.650. The number of hydrogen-bond acceptors (Lipinski definition) is 4. The summed E-state index contributed by atoms with van der Waals surface area (Å²) in [5.41, 5.74) is 0. The molecule has 106 valence electrons. The Morgan fingerprint density at radius 2 is 2.06 bits per heavy atom. The topological polar surface area (TPSA) is 70.6 Å². The lowest BCUT2D eigenvalue weighted by molar-refractivity contribution is -0.121. The van der Waals surface area contributed by atoms with Crippen molar-refractivity contribution in [2.45, 2.75) is 45.2 Å². The molecule has 1 amide bonds. The molecule has 1 atom stereocenters. The van der Waals surface area contributed by atoms with Gasteiger partial charge in [0.05, 0.1) is 13.2 Å². The van der Waals surface area contributed by atoms with Crippen molar-refractivity contribution in [3.05, 3.63) is 0 Å². The molecule has 5 nitrogen and oxygen atoms in total. The van der Waals surface area contributed by atoms with Crippen molar-refractivity contribution in [2.75, 3.05) is 26.4 Å². The number of rotatable bonds is 7. The summed E-state index contributed by atoms with van der Waals surface area (Å²) in [7, 11) is 0. The van der Waals surface area contributed by atoms with Crippen molar-refractivity contribution in [1.29, 1.82) is 0 Å². The molecule has 1 fully saturated rings. The molecule has 0 aliphatic carbocycles. The lowest BCUT2D eigenvalue weighted by Crippen LogP contribution is -2.46. The maximum atomic E-state index is 11.7. The third-order valence-corrected chi connectivity index (χ3v) is 3.11. The molecule has 1 aliphatic rings. The van der Waals surface area contributed by atoms with Crippen molar-refractivity contribution >= 4 is 5.91 Å². The van der Waals surface area contributed by atoms with Gasteiger partial charge in [-0.25, -0.2) is 0 Å². The Balaban J connectivity index is 2.18. The van der Waals surface area contributed by atoms with Gasteiger partial charge in [0.25, 0.3) is 0 Å². The minimum atomic E-state index is 0.00380. The number of amides is 1. The van der Waals surface area contributed by atoms with Crippen LogP contribution in [0.3, 0.4) is 0 Å². The molecule has 0 bridgehead atoms. The first-order valence-corrected chi connectivity index (χ1v) is 6.83. The van der Waals surface area contributed by atoms with Gasteiger partial charge in [0.15, 0.2) is 0 Å². The Labute approximate surface area is 109 Å². The fourth-order valence-electron chi connectivity index (χ4n) is 2.15. The smallest absolute Gasteiger partial charge is 0.234 e. The zero-order valence-electron chi connectivity index (χ0n) is 11.4. The second-order valence-corrected chi connectivity index (χ2v) is 5.34. The predicted molar refractivity (Wildman–Crippen MR) is 70.3 cm³/mol. The summed E-state index contributed by atoms with van der Waals surface area (Å²) in [6.45, 7) is 6.01. The maximum absolute atomic E-state index is 11.7. The Kier molecular flexibility index (Phi) is 7.23. The first-order valence-electron chi connectivity index (χ1n) is 6.83. The van der Waals surface area contributed by atoms with E-state index in [-0.39, 0.29) is 31.1 Å². The average Bonchev–Trinajstić information content (AvgIpc) is 2.35. The molecule has 3 N–H and O–H groups in total. The monoisotopic (exact) mass is 258 g/mol. The quantitative estimate of drug-likeness (QED) is 0.613. The summed E-state index contributed by atoms with van der Waals surface area (Å²) in [5, 5.41) is 15.3. The standard InChI is InChI=1S/C13H26N2O3/c1-10(2)7-12(9-16)14-8-13(17)15-11-3-5-18-6-4-11/h10-12,14,16H,3-9H2,1-2H3,(H,15,17). The number of carbonyl (C=O) groups is 1. The first kappa shape index (κ1) is 15.4. The Morgan fingerprint density at radius 1 is 1.39 bits per heavy atom. The summed E-state index contributed by atoms with van der Waals surface area (Å²) in [4.78, 5) is 11.7. The molecule has 1 rings (SSSR count). The molecule has 1 saturated heterocycles. The van der Waals surface area contributed by atoms with Crippen LogP contribution in [0, 0.1) is 5.92 Å². The largest absolute Gasteiger partial charge is 0.395 e. The molecule has 5 heteroatoms. The van der Waals surface area contributed by atoms with Crippen LogP contribution in [0.4, 0.5) is 0 Å². The van der Waals surface area contributed by atoms with Crippen LogP contribution in [0.25, 0.3) is 0 Å². The summed E-state index contributed by atoms with van der Waals surface area (Å²) >= 11 is 0. The van der Waals surface area contributed by atoms with Crippen LogP contribution in [0.1, 0.15) is 33.1 Å². The van der Waals surface area contributed by atoms with Crippen molar-refractivity contribution in [3.8, 4) is 0 Å². The van der Waals surface area contributed by atoms with Crippen molar-refractivity contribution in [1.82, 2.24) is 10.6 Å². The van der Waals surface area contributed by atoms with Crippen molar-refractivity contribution < 1.29 is 14.6 Å². The third kappa shape index (κ3) is 6.33. The van der Waals surface area contributed by atoms with E-state index in [1.807, 2.05) is 0 Å². The minimum absolute atomic E-state index is 0.00380. The second kappa shape index (κ2) is 8.45. The summed E-state index contributed by atoms with van der Waals surface area (Å²) < 4.78 is 5.24. The molecule has 18 heavy (non-hydrogen) atoms. The molecule has 0 radical (unpaired) electrons. The highest BCUT2D eigenvalue weighted by Gasteiger charge is 2.17. The van der Waals surface area contributed by atoms with E-state index in [9.17, 15) is 9.90 Å². The van der Waals surface area contributed by atoms with Crippen LogP contribution in [-0.2, 0) is 9.53 Å². The molecule has 0 aromatic carbocycles. The van der Waals surface area contributed by atoms with E-state index in [2.05, 4.69) is 24.5 Å². The Bertz CT molecular complexity index is 240.